The minimum atomic E-state index is -0.585. The van der Waals surface area contributed by atoms with E-state index in [4.69, 9.17) is 28.4 Å². The molecule has 10 heteroatoms. The van der Waals surface area contributed by atoms with Crippen LogP contribution in [-0.2, 0) is 23.9 Å². The van der Waals surface area contributed by atoms with Gasteiger partial charge in [0.25, 0.3) is 0 Å². The molecule has 3 rings (SSSR count). The van der Waals surface area contributed by atoms with Gasteiger partial charge in [0.05, 0.1) is 5.56 Å². The van der Waals surface area contributed by atoms with Crippen LogP contribution < -0.4 is 18.9 Å². The number of carbonyl (C=O) groups is 4. The molecule has 222 valence electrons. The Morgan fingerprint density at radius 2 is 1.19 bits per heavy atom. The van der Waals surface area contributed by atoms with Gasteiger partial charge in [-0.1, -0.05) is 25.3 Å². The molecule has 3 aromatic carbocycles. The minimum absolute atomic E-state index is 0.0690. The first kappa shape index (κ1) is 31.9. The summed E-state index contributed by atoms with van der Waals surface area (Å²) in [6, 6.07) is 17.9. The summed E-state index contributed by atoms with van der Waals surface area (Å²) in [4.78, 5) is 47.0. The van der Waals surface area contributed by atoms with E-state index in [1.807, 2.05) is 0 Å². The lowest BCUT2D eigenvalue weighted by Crippen LogP contribution is -2.11. The van der Waals surface area contributed by atoms with Gasteiger partial charge in [0.2, 0.25) is 0 Å². The van der Waals surface area contributed by atoms with E-state index in [0.717, 1.165) is 17.7 Å². The Labute approximate surface area is 248 Å². The third kappa shape index (κ3) is 11.0. The molecule has 0 unspecified atom stereocenters. The quantitative estimate of drug-likeness (QED) is 0.103. The molecule has 0 aliphatic rings. The van der Waals surface area contributed by atoms with E-state index in [9.17, 15) is 19.2 Å². The second-order valence-electron chi connectivity index (χ2n) is 8.60. The predicted octanol–water partition coefficient (Wildman–Crippen LogP) is 5.05. The molecular weight excluding hydrogens is 556 g/mol. The van der Waals surface area contributed by atoms with Crippen molar-refractivity contribution >= 4 is 30.0 Å². The largest absolute Gasteiger partial charge is 0.490 e. The van der Waals surface area contributed by atoms with Crippen LogP contribution in [-0.4, -0.2) is 50.3 Å². The van der Waals surface area contributed by atoms with Gasteiger partial charge in [0.15, 0.2) is 0 Å². The van der Waals surface area contributed by atoms with Gasteiger partial charge < -0.3 is 28.4 Å². The fourth-order valence-electron chi connectivity index (χ4n) is 3.36. The monoisotopic (exact) mass is 586 g/mol. The molecule has 0 spiro atoms. The molecule has 0 amide bonds. The van der Waals surface area contributed by atoms with Crippen molar-refractivity contribution in [1.82, 2.24) is 0 Å². The molecule has 10 nitrogen and oxygen atoms in total. The molecule has 0 aromatic heterocycles. The first-order valence-electron chi connectivity index (χ1n) is 13.0. The third-order valence-corrected chi connectivity index (χ3v) is 5.48. The second kappa shape index (κ2) is 16.6. The first-order chi connectivity index (χ1) is 20.8. The Hall–Kier alpha value is -5.64. The standard InChI is InChI=1S/C33H30O10/c1-4-30(34)40-20-18-38-26-11-6-24(7-12-26)8-17-32(36)43-29-16-15-28(22-23(29)3)42-33(37)25-9-13-27(14-10-25)39-19-21-41-31(35)5-2/h4-17,22H,1-2,18-21H2,3H3/b17-8+. The van der Waals surface area contributed by atoms with Gasteiger partial charge in [0.1, 0.15) is 49.4 Å². The maximum atomic E-state index is 12.6. The highest BCUT2D eigenvalue weighted by Gasteiger charge is 2.12. The van der Waals surface area contributed by atoms with E-state index in [1.165, 1.54) is 18.2 Å². The lowest BCUT2D eigenvalue weighted by Gasteiger charge is -2.10. The van der Waals surface area contributed by atoms with Crippen molar-refractivity contribution in [2.75, 3.05) is 26.4 Å². The predicted molar refractivity (Wildman–Crippen MR) is 157 cm³/mol. The van der Waals surface area contributed by atoms with Gasteiger partial charge in [0, 0.05) is 18.2 Å². The number of aryl methyl sites for hydroxylation is 1. The molecule has 0 fully saturated rings. The summed E-state index contributed by atoms with van der Waals surface area (Å²) in [6.07, 6.45) is 5.03. The summed E-state index contributed by atoms with van der Waals surface area (Å²) in [5.41, 5.74) is 1.64. The molecule has 0 bridgehead atoms. The molecule has 0 aliphatic heterocycles. The SMILES string of the molecule is C=CC(=O)OCCOc1ccc(/C=C/C(=O)Oc2ccc(OC(=O)c3ccc(OCCOC(=O)C=C)cc3)cc2C)cc1. The second-order valence-corrected chi connectivity index (χ2v) is 8.60. The van der Waals surface area contributed by atoms with Gasteiger partial charge in [-0.15, -0.1) is 0 Å². The summed E-state index contributed by atoms with van der Waals surface area (Å²) in [5.74, 6) is -0.538. The molecule has 0 atom stereocenters. The minimum Gasteiger partial charge on any atom is -0.490 e. The molecule has 43 heavy (non-hydrogen) atoms. The van der Waals surface area contributed by atoms with E-state index < -0.39 is 23.9 Å². The fourth-order valence-corrected chi connectivity index (χ4v) is 3.36. The molecule has 0 radical (unpaired) electrons. The van der Waals surface area contributed by atoms with Crippen LogP contribution in [0.3, 0.4) is 0 Å². The number of rotatable bonds is 15. The highest BCUT2D eigenvalue weighted by molar-refractivity contribution is 5.91. The Morgan fingerprint density at radius 3 is 1.72 bits per heavy atom. The van der Waals surface area contributed by atoms with Crippen LogP contribution in [0.25, 0.3) is 6.08 Å². The van der Waals surface area contributed by atoms with Crippen molar-refractivity contribution in [1.29, 1.82) is 0 Å². The lowest BCUT2D eigenvalue weighted by atomic mass is 10.2. The smallest absolute Gasteiger partial charge is 0.343 e. The zero-order chi connectivity index (χ0) is 31.0. The van der Waals surface area contributed by atoms with Crippen molar-refractivity contribution in [2.24, 2.45) is 0 Å². The molecule has 0 N–H and O–H groups in total. The van der Waals surface area contributed by atoms with Crippen LogP contribution >= 0.6 is 0 Å². The average molecular weight is 587 g/mol. The number of carbonyl (C=O) groups excluding carboxylic acids is 4. The van der Waals surface area contributed by atoms with Crippen LogP contribution in [0.4, 0.5) is 0 Å². The van der Waals surface area contributed by atoms with Gasteiger partial charge in [-0.3, -0.25) is 0 Å². The lowest BCUT2D eigenvalue weighted by molar-refractivity contribution is -0.139. The van der Waals surface area contributed by atoms with Gasteiger partial charge in [-0.05, 0) is 78.7 Å². The van der Waals surface area contributed by atoms with Crippen LogP contribution in [0.2, 0.25) is 0 Å². The van der Waals surface area contributed by atoms with E-state index in [0.29, 0.717) is 28.4 Å². The Morgan fingerprint density at radius 1 is 0.651 bits per heavy atom. The van der Waals surface area contributed by atoms with E-state index >= 15 is 0 Å². The van der Waals surface area contributed by atoms with Crippen LogP contribution in [0, 0.1) is 6.92 Å². The molecular formula is C33H30O10. The number of benzene rings is 3. The Balaban J connectivity index is 1.45. The van der Waals surface area contributed by atoms with Gasteiger partial charge >= 0.3 is 23.9 Å². The third-order valence-electron chi connectivity index (χ3n) is 5.48. The summed E-state index contributed by atoms with van der Waals surface area (Å²) in [5, 5.41) is 0. The first-order valence-corrected chi connectivity index (χ1v) is 13.0. The summed E-state index contributed by atoms with van der Waals surface area (Å²) >= 11 is 0. The fraction of sp³-hybridized carbons (Fsp3) is 0.152. The van der Waals surface area contributed by atoms with Crippen LogP contribution in [0.5, 0.6) is 23.0 Å². The molecule has 0 saturated heterocycles. The van der Waals surface area contributed by atoms with Crippen molar-refractivity contribution in [2.45, 2.75) is 6.92 Å². The molecule has 0 heterocycles. The molecule has 0 aliphatic carbocycles. The summed E-state index contributed by atoms with van der Waals surface area (Å²) in [6.45, 7) is 8.87. The highest BCUT2D eigenvalue weighted by Crippen LogP contribution is 2.25. The zero-order valence-corrected chi connectivity index (χ0v) is 23.5. The Bertz CT molecular complexity index is 1470. The van der Waals surface area contributed by atoms with Crippen LogP contribution in [0.1, 0.15) is 21.5 Å². The Kier molecular flexibility index (Phi) is 12.3. The molecule has 3 aromatic rings. The zero-order valence-electron chi connectivity index (χ0n) is 23.5. The summed E-state index contributed by atoms with van der Waals surface area (Å²) < 4.78 is 31.5. The normalized spacial score (nSPS) is 10.3. The van der Waals surface area contributed by atoms with Crippen molar-refractivity contribution in [3.05, 3.63) is 115 Å². The van der Waals surface area contributed by atoms with Gasteiger partial charge in [-0.25, -0.2) is 19.2 Å². The topological polar surface area (TPSA) is 124 Å². The maximum absolute atomic E-state index is 12.6. The van der Waals surface area contributed by atoms with Crippen molar-refractivity contribution < 1.29 is 47.6 Å². The van der Waals surface area contributed by atoms with E-state index in [2.05, 4.69) is 13.2 Å². The van der Waals surface area contributed by atoms with E-state index in [-0.39, 0.29) is 32.2 Å². The van der Waals surface area contributed by atoms with E-state index in [1.54, 1.807) is 67.6 Å². The van der Waals surface area contributed by atoms with Crippen molar-refractivity contribution in [3.8, 4) is 23.0 Å². The highest BCUT2D eigenvalue weighted by atomic mass is 16.6. The average Bonchev–Trinajstić information content (AvgIpc) is 3.02. The molecule has 0 saturated carbocycles. The number of esters is 4. The maximum Gasteiger partial charge on any atom is 0.343 e. The number of hydrogen-bond acceptors (Lipinski definition) is 10. The number of hydrogen-bond donors (Lipinski definition) is 0. The van der Waals surface area contributed by atoms with Gasteiger partial charge in [-0.2, -0.15) is 0 Å². The van der Waals surface area contributed by atoms with Crippen molar-refractivity contribution in [3.63, 3.8) is 0 Å². The number of ether oxygens (including phenoxy) is 6. The summed E-state index contributed by atoms with van der Waals surface area (Å²) in [7, 11) is 0. The van der Waals surface area contributed by atoms with Crippen LogP contribution in [0.15, 0.2) is 98.1 Å².